The molecule has 0 aromatic heterocycles. The smallest absolute Gasteiger partial charge is 0.451 e. The average molecular weight is 490 g/mol. The molecule has 178 valence electrons. The fraction of sp³-hybridized carbons (Fsp3) is 0.263. The summed E-state index contributed by atoms with van der Waals surface area (Å²) in [5.41, 5.74) is -1.80. The van der Waals surface area contributed by atoms with Gasteiger partial charge in [0.2, 0.25) is 0 Å². The molecule has 0 bridgehead atoms. The number of benzene rings is 2. The number of non-ortho nitro benzene ring substituents is 1. The van der Waals surface area contributed by atoms with Crippen molar-refractivity contribution in [1.82, 2.24) is 0 Å². The third-order valence-electron chi connectivity index (χ3n) is 4.06. The lowest BCUT2D eigenvalue weighted by molar-refractivity contribution is -0.385. The van der Waals surface area contributed by atoms with Crippen LogP contribution in [0.3, 0.4) is 0 Å². The van der Waals surface area contributed by atoms with Gasteiger partial charge in [-0.15, -0.1) is 0 Å². The number of nitrogens with one attached hydrogen (secondary N) is 1. The quantitative estimate of drug-likeness (QED) is 0.188. The number of esters is 1. The summed E-state index contributed by atoms with van der Waals surface area (Å²) >= 11 is 0. The van der Waals surface area contributed by atoms with Crippen molar-refractivity contribution in [2.45, 2.75) is 36.9 Å². The van der Waals surface area contributed by atoms with E-state index in [0.717, 1.165) is 36.4 Å². The number of carbonyl (C=O) groups is 2. The van der Waals surface area contributed by atoms with Crippen LogP contribution in [-0.2, 0) is 24.3 Å². The minimum absolute atomic E-state index is 0.424. The molecule has 2 aromatic carbocycles. The fourth-order valence-electron chi connectivity index (χ4n) is 2.67. The van der Waals surface area contributed by atoms with Gasteiger partial charge < -0.3 is 9.84 Å². The van der Waals surface area contributed by atoms with Gasteiger partial charge in [-0.2, -0.15) is 13.2 Å². The van der Waals surface area contributed by atoms with Crippen LogP contribution in [0.25, 0.3) is 0 Å². The maximum absolute atomic E-state index is 13.1. The number of hydrogen-bond donors (Lipinski definition) is 2. The van der Waals surface area contributed by atoms with Crippen LogP contribution >= 0.6 is 0 Å². The van der Waals surface area contributed by atoms with Crippen molar-refractivity contribution < 1.29 is 45.9 Å². The van der Waals surface area contributed by atoms with Crippen molar-refractivity contribution in [3.05, 3.63) is 58.1 Å². The molecule has 0 aliphatic rings. The van der Waals surface area contributed by atoms with Gasteiger partial charge in [0.25, 0.3) is 21.5 Å². The summed E-state index contributed by atoms with van der Waals surface area (Å²) in [4.78, 5) is 33.7. The average Bonchev–Trinajstić information content (AvgIpc) is 2.69. The lowest BCUT2D eigenvalue weighted by Gasteiger charge is -2.20. The summed E-state index contributed by atoms with van der Waals surface area (Å²) in [6.07, 6.45) is -6.36. The molecule has 0 radical (unpaired) electrons. The van der Waals surface area contributed by atoms with Crippen molar-refractivity contribution in [3.63, 3.8) is 0 Å². The van der Waals surface area contributed by atoms with Gasteiger partial charge in [-0.1, -0.05) is 6.07 Å². The molecule has 0 aliphatic carbocycles. The third kappa shape index (κ3) is 6.19. The Kier molecular flexibility index (Phi) is 7.32. The number of halogens is 3. The Morgan fingerprint density at radius 2 is 1.79 bits per heavy atom. The normalized spacial score (nSPS) is 12.8. The summed E-state index contributed by atoms with van der Waals surface area (Å²) in [7, 11) is -4.47. The molecule has 0 amide bonds. The number of alkyl halides is 3. The minimum Gasteiger partial charge on any atom is -0.508 e. The minimum atomic E-state index is -5.47. The number of nitrogens with zero attached hydrogens (tertiary/aromatic N) is 1. The summed E-state index contributed by atoms with van der Waals surface area (Å²) in [6, 6.07) is 6.34. The molecule has 0 aliphatic heterocycles. The number of phenols is 1. The second kappa shape index (κ2) is 9.44. The molecule has 0 unspecified atom stereocenters. The van der Waals surface area contributed by atoms with Gasteiger partial charge in [-0.3, -0.25) is 24.4 Å². The van der Waals surface area contributed by atoms with E-state index in [1.807, 2.05) is 4.72 Å². The second-order valence-electron chi connectivity index (χ2n) is 6.91. The predicted molar refractivity (Wildman–Crippen MR) is 107 cm³/mol. The number of carbonyl (C=O) groups excluding carboxylic acids is 2. The molecule has 1 atom stereocenters. The van der Waals surface area contributed by atoms with Crippen LogP contribution in [0.15, 0.2) is 47.4 Å². The van der Waals surface area contributed by atoms with Crippen molar-refractivity contribution in [3.8, 4) is 5.75 Å². The molecule has 2 rings (SSSR count). The molecule has 2 N–H and O–H groups in total. The van der Waals surface area contributed by atoms with Gasteiger partial charge in [0.05, 0.1) is 15.9 Å². The highest BCUT2D eigenvalue weighted by atomic mass is 32.2. The van der Waals surface area contributed by atoms with E-state index < -0.39 is 72.5 Å². The summed E-state index contributed by atoms with van der Waals surface area (Å²) in [5.74, 6) is -7.63. The topological polar surface area (TPSA) is 153 Å². The van der Waals surface area contributed by atoms with E-state index in [4.69, 9.17) is 4.74 Å². The maximum Gasteiger partial charge on any atom is 0.451 e. The lowest BCUT2D eigenvalue weighted by Crippen LogP contribution is -2.35. The predicted octanol–water partition coefficient (Wildman–Crippen LogP) is 3.27. The second-order valence-corrected chi connectivity index (χ2v) is 8.60. The Hall–Kier alpha value is -3.68. The summed E-state index contributed by atoms with van der Waals surface area (Å²) in [5, 5.41) is 20.9. The zero-order valence-electron chi connectivity index (χ0n) is 17.0. The first-order valence-electron chi connectivity index (χ1n) is 9.05. The van der Waals surface area contributed by atoms with Gasteiger partial charge in [-0.25, -0.2) is 8.42 Å². The van der Waals surface area contributed by atoms with Crippen LogP contribution in [0.1, 0.15) is 25.3 Å². The highest BCUT2D eigenvalue weighted by Gasteiger charge is 2.48. The number of sulfonamides is 1. The standard InChI is InChI=1S/C19H17F3N2O8S/c1-10(2)32-18(27)16(17(26)19(20,21)22)14-8-11(6-7-15(14)25)23-33(30,31)13-5-3-4-12(9-13)24(28)29/h3-10,16,23,25H,1-2H3/t16-/m0/s1. The zero-order chi connectivity index (χ0) is 25.1. The van der Waals surface area contributed by atoms with E-state index in [-0.39, 0.29) is 0 Å². The Bertz CT molecular complexity index is 1200. The van der Waals surface area contributed by atoms with Gasteiger partial charge >= 0.3 is 12.1 Å². The van der Waals surface area contributed by atoms with Crippen molar-refractivity contribution in [1.29, 1.82) is 0 Å². The maximum atomic E-state index is 13.1. The van der Waals surface area contributed by atoms with Gasteiger partial charge in [0, 0.05) is 23.4 Å². The number of anilines is 1. The van der Waals surface area contributed by atoms with E-state index in [2.05, 4.69) is 0 Å². The SMILES string of the molecule is CC(C)OC(=O)[C@H](C(=O)C(F)(F)F)c1cc(NS(=O)(=O)c2cccc([N+](=O)[O-])c2)ccc1O. The molecule has 0 fully saturated rings. The van der Waals surface area contributed by atoms with E-state index >= 15 is 0 Å². The lowest BCUT2D eigenvalue weighted by atomic mass is 9.93. The van der Waals surface area contributed by atoms with Crippen LogP contribution in [0.4, 0.5) is 24.5 Å². The summed E-state index contributed by atoms with van der Waals surface area (Å²) < 4.78 is 71.2. The van der Waals surface area contributed by atoms with E-state index in [9.17, 15) is 46.4 Å². The summed E-state index contributed by atoms with van der Waals surface area (Å²) in [6.45, 7) is 2.66. The molecular weight excluding hydrogens is 473 g/mol. The molecule has 0 spiro atoms. The molecule has 0 saturated carbocycles. The molecule has 2 aromatic rings. The number of Topliss-reactive ketones (excluding diaryl/α,β-unsaturated/α-hetero) is 1. The highest BCUT2D eigenvalue weighted by Crippen LogP contribution is 2.36. The van der Waals surface area contributed by atoms with E-state index in [1.54, 1.807) is 0 Å². The number of ketones is 1. The highest BCUT2D eigenvalue weighted by molar-refractivity contribution is 7.92. The van der Waals surface area contributed by atoms with Gasteiger partial charge in [0.1, 0.15) is 5.75 Å². The monoisotopic (exact) mass is 490 g/mol. The molecular formula is C19H17F3N2O8S. The van der Waals surface area contributed by atoms with Crippen molar-refractivity contribution in [2.24, 2.45) is 0 Å². The van der Waals surface area contributed by atoms with Crippen LogP contribution in [0, 0.1) is 10.1 Å². The molecule has 10 nitrogen and oxygen atoms in total. The number of nitro groups is 1. The molecule has 33 heavy (non-hydrogen) atoms. The van der Waals surface area contributed by atoms with Crippen molar-refractivity contribution in [2.75, 3.05) is 4.72 Å². The first kappa shape index (κ1) is 25.6. The number of aromatic hydroxyl groups is 1. The van der Waals surface area contributed by atoms with Crippen LogP contribution in [0.5, 0.6) is 5.75 Å². The number of ether oxygens (including phenoxy) is 1. The Balaban J connectivity index is 2.52. The van der Waals surface area contributed by atoms with E-state index in [0.29, 0.717) is 6.07 Å². The third-order valence-corrected chi connectivity index (χ3v) is 5.44. The van der Waals surface area contributed by atoms with Crippen LogP contribution < -0.4 is 4.72 Å². The molecule has 14 heteroatoms. The molecule has 0 saturated heterocycles. The largest absolute Gasteiger partial charge is 0.508 e. The Morgan fingerprint density at radius 1 is 1.15 bits per heavy atom. The van der Waals surface area contributed by atoms with Crippen molar-refractivity contribution >= 4 is 33.2 Å². The van der Waals surface area contributed by atoms with Crippen LogP contribution in [-0.4, -0.2) is 42.5 Å². The first-order chi connectivity index (χ1) is 15.1. The number of phenolic OH excluding ortho intramolecular Hbond substituents is 1. The van der Waals surface area contributed by atoms with Gasteiger partial charge in [-0.05, 0) is 38.1 Å². The van der Waals surface area contributed by atoms with E-state index in [1.165, 1.54) is 13.8 Å². The number of nitro benzene ring substituents is 1. The van der Waals surface area contributed by atoms with Crippen LogP contribution in [0.2, 0.25) is 0 Å². The fourth-order valence-corrected chi connectivity index (χ4v) is 3.76. The molecule has 0 heterocycles. The Labute approximate surface area is 185 Å². The first-order valence-corrected chi connectivity index (χ1v) is 10.5. The Morgan fingerprint density at radius 3 is 2.33 bits per heavy atom. The zero-order valence-corrected chi connectivity index (χ0v) is 17.8. The number of rotatable bonds is 8. The number of hydrogen-bond acceptors (Lipinski definition) is 8. The van der Waals surface area contributed by atoms with Gasteiger partial charge in [0.15, 0.2) is 5.92 Å².